The number of ether oxygens (including phenoxy) is 1. The third-order valence-corrected chi connectivity index (χ3v) is 4.96. The molecule has 0 saturated heterocycles. The number of rotatable bonds is 5. The van der Waals surface area contributed by atoms with Crippen molar-refractivity contribution >= 4 is 27.4 Å². The second kappa shape index (κ2) is 6.68. The van der Waals surface area contributed by atoms with Gasteiger partial charge in [-0.15, -0.1) is 11.3 Å². The summed E-state index contributed by atoms with van der Waals surface area (Å²) in [6.07, 6.45) is 6.25. The molecule has 2 heterocycles. The van der Waals surface area contributed by atoms with E-state index in [1.165, 1.54) is 32.1 Å². The highest BCUT2D eigenvalue weighted by molar-refractivity contribution is 7.16. The Hall–Kier alpha value is -1.24. The first kappa shape index (κ1) is 14.7. The molecule has 0 radical (unpaired) electrons. The average Bonchev–Trinajstić information content (AvgIpc) is 3.01. The van der Waals surface area contributed by atoms with Gasteiger partial charge in [0.2, 0.25) is 0 Å². The summed E-state index contributed by atoms with van der Waals surface area (Å²) in [5.41, 5.74) is 2.70. The van der Waals surface area contributed by atoms with Gasteiger partial charge in [0.15, 0.2) is 11.6 Å². The molecule has 6 heteroatoms. The van der Waals surface area contributed by atoms with Crippen molar-refractivity contribution in [2.45, 2.75) is 45.1 Å². The smallest absolute Gasteiger partial charge is 0.161 e. The molecule has 1 unspecified atom stereocenters. The highest BCUT2D eigenvalue weighted by Gasteiger charge is 2.28. The molecular formula is C15H22N4OS. The van der Waals surface area contributed by atoms with Crippen LogP contribution >= 0.6 is 11.3 Å². The molecule has 5 nitrogen and oxygen atoms in total. The van der Waals surface area contributed by atoms with E-state index >= 15 is 0 Å². The number of nitrogen functional groups attached to an aromatic ring is 1. The van der Waals surface area contributed by atoms with E-state index in [2.05, 4.69) is 10.4 Å². The number of nitrogens with zero attached hydrogens (tertiary/aromatic N) is 2. The summed E-state index contributed by atoms with van der Waals surface area (Å²) >= 11 is 1.61. The van der Waals surface area contributed by atoms with Gasteiger partial charge in [-0.3, -0.25) is 0 Å². The number of anilines is 1. The van der Waals surface area contributed by atoms with Crippen LogP contribution in [0.3, 0.4) is 0 Å². The molecule has 0 spiro atoms. The lowest BCUT2D eigenvalue weighted by molar-refractivity contribution is 0.000151. The third-order valence-electron chi connectivity index (χ3n) is 4.16. The highest BCUT2D eigenvalue weighted by Crippen LogP contribution is 2.37. The fourth-order valence-electron chi connectivity index (χ4n) is 3.15. The van der Waals surface area contributed by atoms with Crippen LogP contribution in [0.2, 0.25) is 0 Å². The predicted molar refractivity (Wildman–Crippen MR) is 86.2 cm³/mol. The fraction of sp³-hybridized carbons (Fsp3) is 0.600. The van der Waals surface area contributed by atoms with Crippen LogP contribution in [0.15, 0.2) is 11.4 Å². The zero-order valence-corrected chi connectivity index (χ0v) is 13.2. The van der Waals surface area contributed by atoms with E-state index < -0.39 is 0 Å². The number of hydrogen-bond donors (Lipinski definition) is 2. The summed E-state index contributed by atoms with van der Waals surface area (Å²) in [5, 5.41) is 2.99. The summed E-state index contributed by atoms with van der Waals surface area (Å²) in [7, 11) is 0. The molecule has 0 bridgehead atoms. The summed E-state index contributed by atoms with van der Waals surface area (Å²) in [6, 6.07) is 2.00. The second-order valence-electron chi connectivity index (χ2n) is 5.49. The van der Waals surface area contributed by atoms with Crippen LogP contribution in [-0.4, -0.2) is 16.6 Å². The molecule has 0 aliphatic heterocycles. The molecule has 1 aliphatic carbocycles. The summed E-state index contributed by atoms with van der Waals surface area (Å²) in [5.74, 6) is 7.60. The number of hydrogen-bond acceptors (Lipinski definition) is 6. The lowest BCUT2D eigenvalue weighted by Crippen LogP contribution is -2.22. The van der Waals surface area contributed by atoms with Gasteiger partial charge in [0.1, 0.15) is 10.9 Å². The van der Waals surface area contributed by atoms with E-state index in [4.69, 9.17) is 15.6 Å². The fourth-order valence-corrected chi connectivity index (χ4v) is 3.92. The highest BCUT2D eigenvalue weighted by atomic mass is 32.1. The molecule has 1 fully saturated rings. The molecule has 3 rings (SSSR count). The Bertz CT molecular complexity index is 594. The van der Waals surface area contributed by atoms with Gasteiger partial charge in [0.05, 0.1) is 5.39 Å². The van der Waals surface area contributed by atoms with Crippen molar-refractivity contribution in [2.24, 2.45) is 11.8 Å². The molecule has 1 aliphatic rings. The second-order valence-corrected chi connectivity index (χ2v) is 6.38. The van der Waals surface area contributed by atoms with E-state index in [0.29, 0.717) is 18.3 Å². The van der Waals surface area contributed by atoms with Gasteiger partial charge in [0.25, 0.3) is 0 Å². The maximum atomic E-state index is 6.00. The zero-order valence-electron chi connectivity index (χ0n) is 12.3. The lowest BCUT2D eigenvalue weighted by Gasteiger charge is -2.29. The minimum absolute atomic E-state index is 0.0195. The van der Waals surface area contributed by atoms with Gasteiger partial charge >= 0.3 is 0 Å². The first-order valence-corrected chi connectivity index (χ1v) is 8.54. The molecule has 2 aromatic heterocycles. The van der Waals surface area contributed by atoms with Crippen LogP contribution in [-0.2, 0) is 4.74 Å². The van der Waals surface area contributed by atoms with Crippen molar-refractivity contribution in [1.82, 2.24) is 9.97 Å². The van der Waals surface area contributed by atoms with Crippen LogP contribution in [0, 0.1) is 5.92 Å². The van der Waals surface area contributed by atoms with Crippen molar-refractivity contribution in [3.05, 3.63) is 17.3 Å². The van der Waals surface area contributed by atoms with Crippen molar-refractivity contribution in [1.29, 1.82) is 0 Å². The molecule has 2 aromatic rings. The first-order valence-electron chi connectivity index (χ1n) is 7.66. The van der Waals surface area contributed by atoms with E-state index in [9.17, 15) is 0 Å². The summed E-state index contributed by atoms with van der Waals surface area (Å²) in [4.78, 5) is 10.3. The van der Waals surface area contributed by atoms with Gasteiger partial charge < -0.3 is 10.2 Å². The number of fused-ring (bicyclic) bond motifs is 1. The number of thiophene rings is 1. The van der Waals surface area contributed by atoms with E-state index in [0.717, 1.165) is 16.0 Å². The first-order chi connectivity index (χ1) is 10.3. The van der Waals surface area contributed by atoms with Crippen LogP contribution in [0.5, 0.6) is 0 Å². The minimum atomic E-state index is -0.0195. The Morgan fingerprint density at radius 2 is 2.19 bits per heavy atom. The van der Waals surface area contributed by atoms with Crippen molar-refractivity contribution in [3.63, 3.8) is 0 Å². The Morgan fingerprint density at radius 1 is 1.38 bits per heavy atom. The minimum Gasteiger partial charge on any atom is -0.370 e. The van der Waals surface area contributed by atoms with Crippen LogP contribution in [0.1, 0.15) is 51.0 Å². The van der Waals surface area contributed by atoms with Gasteiger partial charge in [-0.1, -0.05) is 19.3 Å². The quantitative estimate of drug-likeness (QED) is 0.652. The molecule has 114 valence electrons. The van der Waals surface area contributed by atoms with Crippen molar-refractivity contribution < 1.29 is 4.74 Å². The monoisotopic (exact) mass is 306 g/mol. The molecule has 3 N–H and O–H groups in total. The predicted octanol–water partition coefficient (Wildman–Crippen LogP) is 3.63. The largest absolute Gasteiger partial charge is 0.370 e. The molecular weight excluding hydrogens is 284 g/mol. The standard InChI is InChI=1S/C15H22N4OS/c1-2-20-12(10-6-4-3-5-7-10)14-17-13(19-16)11-8-9-21-15(11)18-14/h8-10,12H,2-7,16H2,1H3,(H,17,18,19). The Labute approximate surface area is 128 Å². The molecule has 0 aromatic carbocycles. The SMILES string of the molecule is CCOC(c1nc(NN)c2ccsc2n1)C1CCCCC1. The van der Waals surface area contributed by atoms with Crippen LogP contribution in [0.4, 0.5) is 5.82 Å². The zero-order chi connectivity index (χ0) is 14.7. The average molecular weight is 306 g/mol. The maximum absolute atomic E-state index is 6.00. The van der Waals surface area contributed by atoms with Crippen LogP contribution < -0.4 is 11.3 Å². The summed E-state index contributed by atoms with van der Waals surface area (Å²) < 4.78 is 6.00. The Morgan fingerprint density at radius 3 is 2.90 bits per heavy atom. The van der Waals surface area contributed by atoms with E-state index in [1.54, 1.807) is 11.3 Å². The van der Waals surface area contributed by atoms with E-state index in [1.807, 2.05) is 18.4 Å². The van der Waals surface area contributed by atoms with Gasteiger partial charge in [0, 0.05) is 6.61 Å². The normalized spacial score (nSPS) is 18.0. The molecule has 1 atom stereocenters. The van der Waals surface area contributed by atoms with Gasteiger partial charge in [-0.25, -0.2) is 15.8 Å². The number of nitrogens with one attached hydrogen (secondary N) is 1. The molecule has 0 amide bonds. The Balaban J connectivity index is 1.97. The van der Waals surface area contributed by atoms with Crippen molar-refractivity contribution in [2.75, 3.05) is 12.0 Å². The number of hydrazine groups is 1. The molecule has 1 saturated carbocycles. The number of nitrogens with two attached hydrogens (primary N) is 1. The van der Waals surface area contributed by atoms with Crippen molar-refractivity contribution in [3.8, 4) is 0 Å². The van der Waals surface area contributed by atoms with Gasteiger partial charge in [-0.2, -0.15) is 0 Å². The lowest BCUT2D eigenvalue weighted by atomic mass is 9.85. The third kappa shape index (κ3) is 3.02. The molecule has 21 heavy (non-hydrogen) atoms. The van der Waals surface area contributed by atoms with Gasteiger partial charge in [-0.05, 0) is 37.1 Å². The maximum Gasteiger partial charge on any atom is 0.161 e. The topological polar surface area (TPSA) is 73.1 Å². The van der Waals surface area contributed by atoms with Crippen LogP contribution in [0.25, 0.3) is 10.2 Å². The van der Waals surface area contributed by atoms with E-state index in [-0.39, 0.29) is 6.10 Å². The Kier molecular flexibility index (Phi) is 4.67. The summed E-state index contributed by atoms with van der Waals surface area (Å²) in [6.45, 7) is 2.71. The number of aromatic nitrogens is 2.